The Morgan fingerprint density at radius 3 is 2.42 bits per heavy atom. The predicted molar refractivity (Wildman–Crippen MR) is 118 cm³/mol. The van der Waals surface area contributed by atoms with E-state index in [1.165, 1.54) is 0 Å². The van der Waals surface area contributed by atoms with Gasteiger partial charge in [-0.2, -0.15) is 0 Å². The summed E-state index contributed by atoms with van der Waals surface area (Å²) in [6.07, 6.45) is 1.62. The first-order valence-corrected chi connectivity index (χ1v) is 9.96. The van der Waals surface area contributed by atoms with E-state index in [0.29, 0.717) is 30.3 Å². The summed E-state index contributed by atoms with van der Waals surface area (Å²) in [4.78, 5) is 12.7. The first kappa shape index (κ1) is 20.2. The summed E-state index contributed by atoms with van der Waals surface area (Å²) in [5.74, 6) is 1.58. The molecule has 0 atom stereocenters. The number of carbonyl (C=O) groups is 1. The molecule has 1 N–H and O–H groups in total. The van der Waals surface area contributed by atoms with Crippen LogP contribution in [0.1, 0.15) is 23.0 Å². The molecule has 1 heterocycles. The van der Waals surface area contributed by atoms with Crippen LogP contribution >= 0.6 is 0 Å². The summed E-state index contributed by atoms with van der Waals surface area (Å²) in [6, 6.07) is 24.4. The van der Waals surface area contributed by atoms with Crippen LogP contribution < -0.4 is 14.8 Å². The van der Waals surface area contributed by atoms with Crippen LogP contribution in [0.3, 0.4) is 0 Å². The predicted octanol–water partition coefficient (Wildman–Crippen LogP) is 4.77. The molecule has 4 aromatic rings. The number of aromatic nitrogens is 3. The molecule has 0 unspecified atom stereocenters. The fraction of sp³-hybridized carbons (Fsp3) is 0.125. The number of rotatable bonds is 8. The zero-order valence-electron chi connectivity index (χ0n) is 17.1. The van der Waals surface area contributed by atoms with Gasteiger partial charge in [-0.05, 0) is 48.9 Å². The van der Waals surface area contributed by atoms with Crippen molar-refractivity contribution in [2.75, 3.05) is 11.9 Å². The van der Waals surface area contributed by atoms with Gasteiger partial charge in [0.25, 0.3) is 5.91 Å². The number of amides is 1. The maximum atomic E-state index is 12.7. The van der Waals surface area contributed by atoms with Crippen molar-refractivity contribution in [2.45, 2.75) is 13.5 Å². The van der Waals surface area contributed by atoms with Crippen molar-refractivity contribution < 1.29 is 14.3 Å². The highest BCUT2D eigenvalue weighted by atomic mass is 16.5. The number of hydrogen-bond donors (Lipinski definition) is 1. The molecule has 1 aromatic heterocycles. The van der Waals surface area contributed by atoms with Crippen LogP contribution in [0, 0.1) is 0 Å². The summed E-state index contributed by atoms with van der Waals surface area (Å²) < 4.78 is 13.0. The van der Waals surface area contributed by atoms with E-state index in [0.717, 1.165) is 11.3 Å². The molecule has 0 fully saturated rings. The van der Waals surface area contributed by atoms with Gasteiger partial charge in [0.05, 0.1) is 25.0 Å². The van der Waals surface area contributed by atoms with Gasteiger partial charge < -0.3 is 14.8 Å². The lowest BCUT2D eigenvalue weighted by molar-refractivity contribution is 0.102. The number of ether oxygens (including phenoxy) is 2. The molecule has 1 amide bonds. The van der Waals surface area contributed by atoms with E-state index in [2.05, 4.69) is 15.6 Å². The van der Waals surface area contributed by atoms with Gasteiger partial charge in [-0.3, -0.25) is 4.79 Å². The molecule has 0 spiro atoms. The van der Waals surface area contributed by atoms with Crippen LogP contribution in [-0.2, 0) is 6.54 Å². The second-order valence-electron chi connectivity index (χ2n) is 6.74. The van der Waals surface area contributed by atoms with Crippen LogP contribution in [0.25, 0.3) is 0 Å². The SMILES string of the molecule is CCOc1ccc(Oc2ccccc2NC(=O)c2cn(Cc3ccccc3)nn2)cc1. The molecule has 156 valence electrons. The lowest BCUT2D eigenvalue weighted by atomic mass is 10.2. The smallest absolute Gasteiger partial charge is 0.277 e. The van der Waals surface area contributed by atoms with Crippen molar-refractivity contribution in [1.29, 1.82) is 0 Å². The van der Waals surface area contributed by atoms with Gasteiger partial charge >= 0.3 is 0 Å². The minimum absolute atomic E-state index is 0.229. The van der Waals surface area contributed by atoms with Gasteiger partial charge in [0, 0.05) is 0 Å². The molecule has 0 radical (unpaired) electrons. The molecule has 31 heavy (non-hydrogen) atoms. The number of anilines is 1. The zero-order chi connectivity index (χ0) is 21.5. The molecule has 7 nitrogen and oxygen atoms in total. The summed E-state index contributed by atoms with van der Waals surface area (Å²) in [5, 5.41) is 10.9. The minimum atomic E-state index is -0.359. The molecule has 4 rings (SSSR count). The standard InChI is InChI=1S/C24H22N4O3/c1-2-30-19-12-14-20(15-13-19)31-23-11-7-6-10-21(23)25-24(29)22-17-28(27-26-22)16-18-8-4-3-5-9-18/h3-15,17H,2,16H2,1H3,(H,25,29). The topological polar surface area (TPSA) is 78.3 Å². The molecule has 3 aromatic carbocycles. The Morgan fingerprint density at radius 2 is 1.65 bits per heavy atom. The van der Waals surface area contributed by atoms with Gasteiger partial charge in [-0.25, -0.2) is 4.68 Å². The molecule has 0 aliphatic heterocycles. The largest absolute Gasteiger partial charge is 0.494 e. The normalized spacial score (nSPS) is 10.5. The number of nitrogens with zero attached hydrogens (tertiary/aromatic N) is 3. The maximum absolute atomic E-state index is 12.7. The van der Waals surface area contributed by atoms with Crippen molar-refractivity contribution in [3.63, 3.8) is 0 Å². The van der Waals surface area contributed by atoms with Gasteiger partial charge in [0.1, 0.15) is 11.5 Å². The van der Waals surface area contributed by atoms with Crippen molar-refractivity contribution in [3.05, 3.63) is 96.3 Å². The second-order valence-corrected chi connectivity index (χ2v) is 6.74. The van der Waals surface area contributed by atoms with E-state index < -0.39 is 0 Å². The third-order valence-electron chi connectivity index (χ3n) is 4.46. The van der Waals surface area contributed by atoms with Gasteiger partial charge in [0.15, 0.2) is 11.4 Å². The van der Waals surface area contributed by atoms with Crippen LogP contribution in [0.2, 0.25) is 0 Å². The highest BCUT2D eigenvalue weighted by molar-refractivity contribution is 6.03. The molecule has 0 bridgehead atoms. The highest BCUT2D eigenvalue weighted by Crippen LogP contribution is 2.30. The molecular formula is C24H22N4O3. The lowest BCUT2D eigenvalue weighted by Crippen LogP contribution is -2.13. The van der Waals surface area contributed by atoms with E-state index in [-0.39, 0.29) is 11.6 Å². The summed E-state index contributed by atoms with van der Waals surface area (Å²) in [6.45, 7) is 3.08. The van der Waals surface area contributed by atoms with E-state index in [4.69, 9.17) is 9.47 Å². The first-order valence-electron chi connectivity index (χ1n) is 9.96. The van der Waals surface area contributed by atoms with E-state index in [9.17, 15) is 4.79 Å². The Labute approximate surface area is 180 Å². The molecule has 0 saturated heterocycles. The zero-order valence-corrected chi connectivity index (χ0v) is 17.1. The van der Waals surface area contributed by atoms with E-state index in [1.54, 1.807) is 23.0 Å². The van der Waals surface area contributed by atoms with Crippen molar-refractivity contribution in [1.82, 2.24) is 15.0 Å². The monoisotopic (exact) mass is 414 g/mol. The van der Waals surface area contributed by atoms with Gasteiger partial charge in [0.2, 0.25) is 0 Å². The maximum Gasteiger partial charge on any atom is 0.277 e. The third kappa shape index (κ3) is 5.27. The average molecular weight is 414 g/mol. The highest BCUT2D eigenvalue weighted by Gasteiger charge is 2.14. The van der Waals surface area contributed by atoms with Crippen molar-refractivity contribution in [3.8, 4) is 17.2 Å². The fourth-order valence-corrected chi connectivity index (χ4v) is 2.99. The quantitative estimate of drug-likeness (QED) is 0.449. The number of benzene rings is 3. The number of para-hydroxylation sites is 2. The van der Waals surface area contributed by atoms with Gasteiger partial charge in [-0.1, -0.05) is 47.7 Å². The minimum Gasteiger partial charge on any atom is -0.494 e. The lowest BCUT2D eigenvalue weighted by Gasteiger charge is -2.12. The fourth-order valence-electron chi connectivity index (χ4n) is 2.99. The Morgan fingerprint density at radius 1 is 0.935 bits per heavy atom. The van der Waals surface area contributed by atoms with E-state index >= 15 is 0 Å². The van der Waals surface area contributed by atoms with Crippen molar-refractivity contribution in [2.24, 2.45) is 0 Å². The Hall–Kier alpha value is -4.13. The van der Waals surface area contributed by atoms with Crippen LogP contribution in [0.5, 0.6) is 17.2 Å². The molecule has 7 heteroatoms. The third-order valence-corrected chi connectivity index (χ3v) is 4.46. The Kier molecular flexibility index (Phi) is 6.23. The number of hydrogen-bond acceptors (Lipinski definition) is 5. The summed E-state index contributed by atoms with van der Waals surface area (Å²) in [5.41, 5.74) is 1.85. The second kappa shape index (κ2) is 9.58. The first-order chi connectivity index (χ1) is 15.2. The molecule has 0 aliphatic rings. The van der Waals surface area contributed by atoms with Crippen molar-refractivity contribution >= 4 is 11.6 Å². The number of nitrogens with one attached hydrogen (secondary N) is 1. The van der Waals surface area contributed by atoms with Crippen LogP contribution in [0.15, 0.2) is 85.1 Å². The van der Waals surface area contributed by atoms with Crippen LogP contribution in [0.4, 0.5) is 5.69 Å². The molecule has 0 aliphatic carbocycles. The van der Waals surface area contributed by atoms with Gasteiger partial charge in [-0.15, -0.1) is 5.10 Å². The van der Waals surface area contributed by atoms with Crippen LogP contribution in [-0.4, -0.2) is 27.5 Å². The Balaban J connectivity index is 1.44. The van der Waals surface area contributed by atoms with E-state index in [1.807, 2.05) is 73.7 Å². The summed E-state index contributed by atoms with van der Waals surface area (Å²) in [7, 11) is 0. The number of carbonyl (C=O) groups excluding carboxylic acids is 1. The summed E-state index contributed by atoms with van der Waals surface area (Å²) >= 11 is 0. The Bertz CT molecular complexity index is 1140. The molecular weight excluding hydrogens is 392 g/mol. The molecule has 0 saturated carbocycles. The average Bonchev–Trinajstić information content (AvgIpc) is 3.26.